The number of hydrogen-bond donors (Lipinski definition) is 0. The van der Waals surface area contributed by atoms with Crippen LogP contribution >= 0.6 is 0 Å². The van der Waals surface area contributed by atoms with Crippen LogP contribution in [0.1, 0.15) is 10.6 Å². The first-order valence-corrected chi connectivity index (χ1v) is 5.22. The van der Waals surface area contributed by atoms with Crippen molar-refractivity contribution in [3.8, 4) is 11.7 Å². The molecule has 0 fully saturated rings. The monoisotopic (exact) mass is 228 g/mol. The number of aryl methyl sites for hydroxylation is 1. The van der Waals surface area contributed by atoms with E-state index >= 15 is 0 Å². The van der Waals surface area contributed by atoms with Crippen molar-refractivity contribution in [2.24, 2.45) is 7.05 Å². The molecule has 2 aromatic heterocycles. The molecular formula is C13H10NO3+. The fourth-order valence-electron chi connectivity index (χ4n) is 1.85. The first kappa shape index (κ1) is 9.84. The van der Waals surface area contributed by atoms with Gasteiger partial charge in [0.2, 0.25) is 11.3 Å². The molecule has 0 aliphatic rings. The molecule has 2 heterocycles. The summed E-state index contributed by atoms with van der Waals surface area (Å²) < 4.78 is 12.9. The molecule has 3 aromatic rings. The number of aromatic nitrogens is 1. The Bertz CT molecular complexity index is 694. The highest BCUT2D eigenvalue weighted by Crippen LogP contribution is 2.23. The molecule has 17 heavy (non-hydrogen) atoms. The van der Waals surface area contributed by atoms with Gasteiger partial charge in [-0.05, 0) is 18.2 Å². The van der Waals surface area contributed by atoms with Gasteiger partial charge in [0.25, 0.3) is 5.52 Å². The molecule has 0 atom stereocenters. The number of carbonyl (C=O) groups is 1. The molecule has 0 bridgehead atoms. The summed E-state index contributed by atoms with van der Waals surface area (Å²) in [5.74, 6) is 1.44. The average molecular weight is 228 g/mol. The lowest BCUT2D eigenvalue weighted by Gasteiger charge is -1.85. The van der Waals surface area contributed by atoms with Gasteiger partial charge < -0.3 is 8.83 Å². The van der Waals surface area contributed by atoms with Crippen LogP contribution in [0, 0.1) is 0 Å². The molecule has 0 aliphatic carbocycles. The fourth-order valence-corrected chi connectivity index (χ4v) is 1.85. The van der Waals surface area contributed by atoms with Crippen LogP contribution in [0.3, 0.4) is 0 Å². The number of carbonyl (C=O) groups excluding carboxylic acids is 1. The van der Waals surface area contributed by atoms with Gasteiger partial charge in [0.05, 0.1) is 0 Å². The van der Waals surface area contributed by atoms with Crippen molar-refractivity contribution in [1.29, 1.82) is 0 Å². The molecular weight excluding hydrogens is 218 g/mol. The highest BCUT2D eigenvalue weighted by molar-refractivity contribution is 5.73. The van der Waals surface area contributed by atoms with E-state index in [1.807, 2.05) is 35.9 Å². The van der Waals surface area contributed by atoms with Crippen LogP contribution in [0.15, 0.2) is 45.2 Å². The van der Waals surface area contributed by atoms with E-state index in [0.29, 0.717) is 23.7 Å². The summed E-state index contributed by atoms with van der Waals surface area (Å²) in [7, 11) is 1.89. The van der Waals surface area contributed by atoms with Gasteiger partial charge >= 0.3 is 5.89 Å². The minimum atomic E-state index is 0.292. The number of nitrogens with zero attached hydrogens (tertiary/aromatic N) is 1. The summed E-state index contributed by atoms with van der Waals surface area (Å²) in [4.78, 5) is 10.6. The van der Waals surface area contributed by atoms with E-state index in [4.69, 9.17) is 8.83 Å². The lowest BCUT2D eigenvalue weighted by Crippen LogP contribution is -2.28. The smallest absolute Gasteiger partial charge is 0.418 e. The second-order valence-corrected chi connectivity index (χ2v) is 3.75. The molecule has 1 aromatic carbocycles. The summed E-state index contributed by atoms with van der Waals surface area (Å²) in [5, 5.41) is 0. The third-order valence-corrected chi connectivity index (χ3v) is 2.69. The number of benzene rings is 1. The number of hydrogen-bond acceptors (Lipinski definition) is 3. The second kappa shape index (κ2) is 3.59. The summed E-state index contributed by atoms with van der Waals surface area (Å²) in [5.41, 5.74) is 1.76. The average Bonchev–Trinajstić information content (AvgIpc) is 2.95. The molecule has 0 aliphatic heterocycles. The number of furan rings is 1. The number of oxazole rings is 1. The SMILES string of the molecule is C[n+]1c(-c2ccc(C=O)o2)oc2ccccc21. The summed E-state index contributed by atoms with van der Waals surface area (Å²) in [6.45, 7) is 0. The zero-order valence-corrected chi connectivity index (χ0v) is 9.21. The molecule has 0 amide bonds. The van der Waals surface area contributed by atoms with Crippen LogP contribution in [0.25, 0.3) is 22.8 Å². The Morgan fingerprint density at radius 3 is 2.65 bits per heavy atom. The molecule has 0 radical (unpaired) electrons. The van der Waals surface area contributed by atoms with Crippen LogP contribution in [0.2, 0.25) is 0 Å². The third kappa shape index (κ3) is 1.45. The zero-order chi connectivity index (χ0) is 11.8. The molecule has 0 spiro atoms. The highest BCUT2D eigenvalue weighted by Gasteiger charge is 2.23. The highest BCUT2D eigenvalue weighted by atomic mass is 16.4. The Hall–Kier alpha value is -2.36. The van der Waals surface area contributed by atoms with Gasteiger partial charge in [-0.2, -0.15) is 4.57 Å². The number of rotatable bonds is 2. The Morgan fingerprint density at radius 2 is 1.94 bits per heavy atom. The number of para-hydroxylation sites is 2. The lowest BCUT2D eigenvalue weighted by molar-refractivity contribution is -0.638. The van der Waals surface area contributed by atoms with Crippen molar-refractivity contribution in [2.45, 2.75) is 0 Å². The maximum Gasteiger partial charge on any atom is 0.418 e. The van der Waals surface area contributed by atoms with E-state index in [1.165, 1.54) is 0 Å². The number of aldehydes is 1. The first-order valence-electron chi connectivity index (χ1n) is 5.22. The summed E-state index contributed by atoms with van der Waals surface area (Å²) in [6.07, 6.45) is 0.673. The second-order valence-electron chi connectivity index (χ2n) is 3.75. The predicted octanol–water partition coefficient (Wildman–Crippen LogP) is 2.33. The van der Waals surface area contributed by atoms with Gasteiger partial charge in [0.1, 0.15) is 7.05 Å². The van der Waals surface area contributed by atoms with Crippen LogP contribution in [-0.2, 0) is 7.05 Å². The van der Waals surface area contributed by atoms with Crippen molar-refractivity contribution in [3.63, 3.8) is 0 Å². The van der Waals surface area contributed by atoms with Gasteiger partial charge in [0, 0.05) is 6.07 Å². The van der Waals surface area contributed by atoms with E-state index in [0.717, 1.165) is 11.1 Å². The van der Waals surface area contributed by atoms with Gasteiger partial charge in [-0.1, -0.05) is 12.1 Å². The van der Waals surface area contributed by atoms with Gasteiger partial charge in [0.15, 0.2) is 12.0 Å². The Kier molecular flexibility index (Phi) is 2.08. The number of fused-ring (bicyclic) bond motifs is 1. The maximum absolute atomic E-state index is 10.6. The molecule has 0 unspecified atom stereocenters. The van der Waals surface area contributed by atoms with Crippen molar-refractivity contribution < 1.29 is 18.2 Å². The van der Waals surface area contributed by atoms with E-state index in [2.05, 4.69) is 0 Å². The minimum absolute atomic E-state index is 0.292. The summed E-state index contributed by atoms with van der Waals surface area (Å²) >= 11 is 0. The largest absolute Gasteiger partial charge is 0.443 e. The molecule has 84 valence electrons. The summed E-state index contributed by atoms with van der Waals surface area (Å²) in [6, 6.07) is 11.1. The Morgan fingerprint density at radius 1 is 1.12 bits per heavy atom. The fraction of sp³-hybridized carbons (Fsp3) is 0.0769. The molecule has 0 saturated carbocycles. The van der Waals surface area contributed by atoms with Crippen LogP contribution in [-0.4, -0.2) is 6.29 Å². The Labute approximate surface area is 97.1 Å². The van der Waals surface area contributed by atoms with E-state index in [9.17, 15) is 4.79 Å². The topological polar surface area (TPSA) is 47.2 Å². The van der Waals surface area contributed by atoms with Crippen molar-refractivity contribution in [2.75, 3.05) is 0 Å². The predicted molar refractivity (Wildman–Crippen MR) is 60.5 cm³/mol. The van der Waals surface area contributed by atoms with Crippen LogP contribution < -0.4 is 4.57 Å². The van der Waals surface area contributed by atoms with E-state index in [1.54, 1.807) is 12.1 Å². The first-order chi connectivity index (χ1) is 8.29. The molecule has 0 saturated heterocycles. The van der Waals surface area contributed by atoms with Crippen molar-refractivity contribution in [1.82, 2.24) is 0 Å². The van der Waals surface area contributed by atoms with E-state index < -0.39 is 0 Å². The van der Waals surface area contributed by atoms with Crippen LogP contribution in [0.5, 0.6) is 0 Å². The standard InChI is InChI=1S/C13H10NO3/c1-14-10-4-2-3-5-11(10)17-13(14)12-7-6-9(8-15)16-12/h2-8H,1H3/q+1. The maximum atomic E-state index is 10.6. The molecule has 0 N–H and O–H groups in total. The zero-order valence-electron chi connectivity index (χ0n) is 9.21. The quantitative estimate of drug-likeness (QED) is 0.499. The normalized spacial score (nSPS) is 10.9. The third-order valence-electron chi connectivity index (χ3n) is 2.69. The molecule has 3 rings (SSSR count). The van der Waals surface area contributed by atoms with Crippen LogP contribution in [0.4, 0.5) is 0 Å². The van der Waals surface area contributed by atoms with E-state index in [-0.39, 0.29) is 0 Å². The minimum Gasteiger partial charge on any atom is -0.443 e. The molecule has 4 nitrogen and oxygen atoms in total. The lowest BCUT2D eigenvalue weighted by atomic mass is 10.3. The van der Waals surface area contributed by atoms with Gasteiger partial charge in [-0.15, -0.1) is 0 Å². The Balaban J connectivity index is 2.23. The van der Waals surface area contributed by atoms with Crippen molar-refractivity contribution in [3.05, 3.63) is 42.2 Å². The molecule has 4 heteroatoms. The van der Waals surface area contributed by atoms with Gasteiger partial charge in [-0.25, -0.2) is 0 Å². The van der Waals surface area contributed by atoms with Gasteiger partial charge in [-0.3, -0.25) is 4.79 Å². The van der Waals surface area contributed by atoms with Crippen molar-refractivity contribution >= 4 is 17.4 Å².